The summed E-state index contributed by atoms with van der Waals surface area (Å²) in [6.07, 6.45) is 1.83. The average molecular weight is 250 g/mol. The average Bonchev–Trinajstić information content (AvgIpc) is 2.90. The Hall–Kier alpha value is -2.09. The van der Waals surface area contributed by atoms with Crippen LogP contribution in [0.3, 0.4) is 0 Å². The van der Waals surface area contributed by atoms with Gasteiger partial charge in [-0.05, 0) is 25.0 Å². The molecule has 0 aromatic heterocycles. The highest BCUT2D eigenvalue weighted by atomic mass is 15.1. The molecule has 0 spiro atoms. The van der Waals surface area contributed by atoms with Crippen LogP contribution < -0.4 is 5.32 Å². The van der Waals surface area contributed by atoms with E-state index < -0.39 is 0 Å². The third kappa shape index (κ3) is 2.39. The van der Waals surface area contributed by atoms with Crippen LogP contribution in [0.5, 0.6) is 0 Å². The molecule has 1 heterocycles. The minimum Gasteiger partial charge on any atom is -0.367 e. The Morgan fingerprint density at radius 2 is 1.32 bits per heavy atom. The van der Waals surface area contributed by atoms with Gasteiger partial charge in [0.15, 0.2) is 0 Å². The molecule has 1 N–H and O–H groups in total. The number of hydrogen-bond donors (Lipinski definition) is 1. The van der Waals surface area contributed by atoms with Gasteiger partial charge in [0, 0.05) is 0 Å². The molecule has 3 rings (SSSR count). The van der Waals surface area contributed by atoms with Gasteiger partial charge in [0.2, 0.25) is 0 Å². The van der Waals surface area contributed by atoms with Crippen LogP contribution in [-0.4, -0.2) is 6.34 Å². The van der Waals surface area contributed by atoms with Gasteiger partial charge < -0.3 is 5.32 Å². The number of nitrogens with one attached hydrogen (secondary N) is 1. The van der Waals surface area contributed by atoms with Crippen molar-refractivity contribution in [1.29, 1.82) is 0 Å². The number of rotatable bonds is 2. The van der Waals surface area contributed by atoms with Gasteiger partial charge in [-0.15, -0.1) is 0 Å². The predicted octanol–water partition coefficient (Wildman–Crippen LogP) is 3.72. The molecule has 0 radical (unpaired) electrons. The number of aryl methyl sites for hydroxylation is 2. The van der Waals surface area contributed by atoms with Crippen LogP contribution >= 0.6 is 0 Å². The highest BCUT2D eigenvalue weighted by Crippen LogP contribution is 2.34. The lowest BCUT2D eigenvalue weighted by atomic mass is 9.94. The van der Waals surface area contributed by atoms with E-state index in [9.17, 15) is 0 Å². The molecule has 2 atom stereocenters. The van der Waals surface area contributed by atoms with Crippen LogP contribution in [0.2, 0.25) is 0 Å². The lowest BCUT2D eigenvalue weighted by Crippen LogP contribution is -2.18. The number of hydrogen-bond acceptors (Lipinski definition) is 2. The third-order valence-corrected chi connectivity index (χ3v) is 3.66. The maximum atomic E-state index is 4.58. The smallest absolute Gasteiger partial charge is 0.101 e. The summed E-state index contributed by atoms with van der Waals surface area (Å²) < 4.78 is 0. The molecule has 0 unspecified atom stereocenters. The van der Waals surface area contributed by atoms with Crippen molar-refractivity contribution in [1.82, 2.24) is 5.32 Å². The molecular weight excluding hydrogens is 232 g/mol. The molecule has 96 valence electrons. The van der Waals surface area contributed by atoms with E-state index in [1.165, 1.54) is 22.3 Å². The molecule has 0 amide bonds. The summed E-state index contributed by atoms with van der Waals surface area (Å²) in [5, 5.41) is 3.36. The van der Waals surface area contributed by atoms with Crippen molar-refractivity contribution >= 4 is 6.34 Å². The van der Waals surface area contributed by atoms with Crippen LogP contribution in [0.25, 0.3) is 0 Å². The van der Waals surface area contributed by atoms with Crippen LogP contribution in [-0.2, 0) is 0 Å². The Morgan fingerprint density at radius 3 is 1.89 bits per heavy atom. The summed E-state index contributed by atoms with van der Waals surface area (Å²) in [5.74, 6) is 0. The Labute approximate surface area is 114 Å². The van der Waals surface area contributed by atoms with Gasteiger partial charge in [0.1, 0.15) is 6.04 Å². The standard InChI is InChI=1S/C17H18N2/c1-12-3-7-14(8-4-12)16-17(19-11-18-16)15-9-5-13(2)6-10-15/h3-11,16-17H,1-2H3,(H,18,19)/t16-,17+. The topological polar surface area (TPSA) is 24.4 Å². The first kappa shape index (κ1) is 12.0. The highest BCUT2D eigenvalue weighted by Gasteiger charge is 2.26. The van der Waals surface area contributed by atoms with Crippen molar-refractivity contribution in [2.24, 2.45) is 4.99 Å². The van der Waals surface area contributed by atoms with E-state index in [-0.39, 0.29) is 12.1 Å². The summed E-state index contributed by atoms with van der Waals surface area (Å²) in [6, 6.07) is 17.7. The second-order valence-corrected chi connectivity index (χ2v) is 5.19. The lowest BCUT2D eigenvalue weighted by Gasteiger charge is -2.19. The fourth-order valence-electron chi connectivity index (χ4n) is 2.48. The fraction of sp³-hybridized carbons (Fsp3) is 0.235. The molecule has 0 aliphatic carbocycles. The molecule has 2 heteroatoms. The Balaban J connectivity index is 1.90. The number of aliphatic imine (C=N–C) groups is 1. The van der Waals surface area contributed by atoms with Crippen LogP contribution in [0.4, 0.5) is 0 Å². The molecule has 2 aromatic rings. The lowest BCUT2D eigenvalue weighted by molar-refractivity contribution is 0.573. The third-order valence-electron chi connectivity index (χ3n) is 3.66. The van der Waals surface area contributed by atoms with Gasteiger partial charge in [-0.2, -0.15) is 0 Å². The fourth-order valence-corrected chi connectivity index (χ4v) is 2.48. The summed E-state index contributed by atoms with van der Waals surface area (Å²) in [4.78, 5) is 4.58. The zero-order valence-electron chi connectivity index (χ0n) is 11.3. The van der Waals surface area contributed by atoms with Gasteiger partial charge in [0.05, 0.1) is 12.4 Å². The zero-order chi connectivity index (χ0) is 13.2. The first-order valence-corrected chi connectivity index (χ1v) is 6.65. The number of nitrogens with zero attached hydrogens (tertiary/aromatic N) is 1. The maximum absolute atomic E-state index is 4.58. The Morgan fingerprint density at radius 1 is 0.789 bits per heavy atom. The Kier molecular flexibility index (Phi) is 3.08. The normalized spacial score (nSPS) is 21.4. The molecule has 2 nitrogen and oxygen atoms in total. The van der Waals surface area contributed by atoms with Gasteiger partial charge in [-0.1, -0.05) is 59.7 Å². The van der Waals surface area contributed by atoms with Gasteiger partial charge in [0.25, 0.3) is 0 Å². The zero-order valence-corrected chi connectivity index (χ0v) is 11.3. The van der Waals surface area contributed by atoms with Crippen molar-refractivity contribution in [2.45, 2.75) is 25.9 Å². The summed E-state index contributed by atoms with van der Waals surface area (Å²) in [6.45, 7) is 4.22. The molecule has 0 fully saturated rings. The summed E-state index contributed by atoms with van der Waals surface area (Å²) >= 11 is 0. The monoisotopic (exact) mass is 250 g/mol. The van der Waals surface area contributed by atoms with E-state index in [2.05, 4.69) is 72.7 Å². The minimum atomic E-state index is 0.170. The minimum absolute atomic E-state index is 0.170. The van der Waals surface area contributed by atoms with Crippen molar-refractivity contribution in [3.8, 4) is 0 Å². The highest BCUT2D eigenvalue weighted by molar-refractivity contribution is 5.60. The largest absolute Gasteiger partial charge is 0.367 e. The summed E-state index contributed by atoms with van der Waals surface area (Å²) in [7, 11) is 0. The Bertz CT molecular complexity index is 582. The molecule has 1 aliphatic rings. The molecule has 0 saturated heterocycles. The van der Waals surface area contributed by atoms with Gasteiger partial charge in [-0.25, -0.2) is 0 Å². The molecule has 19 heavy (non-hydrogen) atoms. The predicted molar refractivity (Wildman–Crippen MR) is 79.5 cm³/mol. The van der Waals surface area contributed by atoms with Crippen LogP contribution in [0.15, 0.2) is 53.5 Å². The van der Waals surface area contributed by atoms with E-state index in [1.54, 1.807) is 0 Å². The van der Waals surface area contributed by atoms with Crippen molar-refractivity contribution in [3.05, 3.63) is 70.8 Å². The van der Waals surface area contributed by atoms with Crippen molar-refractivity contribution in [3.63, 3.8) is 0 Å². The molecule has 0 bridgehead atoms. The van der Waals surface area contributed by atoms with Crippen LogP contribution in [0.1, 0.15) is 34.3 Å². The molecular formula is C17H18N2. The number of benzene rings is 2. The van der Waals surface area contributed by atoms with Crippen molar-refractivity contribution < 1.29 is 0 Å². The molecule has 2 aromatic carbocycles. The van der Waals surface area contributed by atoms with E-state index in [0.29, 0.717) is 0 Å². The van der Waals surface area contributed by atoms with Crippen molar-refractivity contribution in [2.75, 3.05) is 0 Å². The first-order chi connectivity index (χ1) is 9.24. The van der Waals surface area contributed by atoms with Gasteiger partial charge in [-0.3, -0.25) is 4.99 Å². The van der Waals surface area contributed by atoms with E-state index in [1.807, 2.05) is 6.34 Å². The van der Waals surface area contributed by atoms with E-state index in [4.69, 9.17) is 0 Å². The maximum Gasteiger partial charge on any atom is 0.101 e. The quantitative estimate of drug-likeness (QED) is 0.863. The molecule has 1 aliphatic heterocycles. The summed E-state index contributed by atoms with van der Waals surface area (Å²) in [5.41, 5.74) is 5.12. The van der Waals surface area contributed by atoms with Crippen LogP contribution in [0, 0.1) is 13.8 Å². The second-order valence-electron chi connectivity index (χ2n) is 5.19. The second kappa shape index (κ2) is 4.88. The van der Waals surface area contributed by atoms with E-state index >= 15 is 0 Å². The van der Waals surface area contributed by atoms with Gasteiger partial charge >= 0.3 is 0 Å². The SMILES string of the molecule is Cc1ccc([C@H]2N=CN[C@H]2c2ccc(C)cc2)cc1. The molecule has 0 saturated carbocycles. The first-order valence-electron chi connectivity index (χ1n) is 6.65. The van der Waals surface area contributed by atoms with E-state index in [0.717, 1.165) is 0 Å².